The van der Waals surface area contributed by atoms with Crippen molar-refractivity contribution in [1.82, 2.24) is 5.43 Å². The number of ether oxygens (including phenoxy) is 2. The lowest BCUT2D eigenvalue weighted by Crippen LogP contribution is -2.39. The molecular weight excluding hydrogens is 244 g/mol. The lowest BCUT2D eigenvalue weighted by Gasteiger charge is -2.25. The summed E-state index contributed by atoms with van der Waals surface area (Å²) in [6.07, 6.45) is 7.93. The van der Waals surface area contributed by atoms with Crippen LogP contribution >= 0.6 is 0 Å². The van der Waals surface area contributed by atoms with E-state index in [-0.39, 0.29) is 12.0 Å². The molecule has 4 atom stereocenters. The second kappa shape index (κ2) is 7.03. The first-order valence-corrected chi connectivity index (χ1v) is 7.09. The third kappa shape index (κ3) is 4.03. The number of allylic oxidation sites excluding steroid dienone is 2. The van der Waals surface area contributed by atoms with Gasteiger partial charge in [-0.2, -0.15) is 0 Å². The number of nitrogens with two attached hydrogens (primary N) is 1. The maximum atomic E-state index is 11.3. The molecule has 0 bridgehead atoms. The Kier molecular flexibility index (Phi) is 5.36. The topological polar surface area (TPSA) is 73.6 Å². The van der Waals surface area contributed by atoms with Crippen LogP contribution < -0.4 is 11.3 Å². The summed E-state index contributed by atoms with van der Waals surface area (Å²) < 4.78 is 11.4. The molecule has 3 N–H and O–H groups in total. The molecule has 0 saturated carbocycles. The molecule has 2 aliphatic rings. The molecule has 0 aromatic heterocycles. The SMILES string of the molecule is CC1CC=CCC1COCC1CCC(C(=O)NN)O1. The van der Waals surface area contributed by atoms with E-state index >= 15 is 0 Å². The molecule has 5 nitrogen and oxygen atoms in total. The average Bonchev–Trinajstić information content (AvgIpc) is 2.89. The van der Waals surface area contributed by atoms with Gasteiger partial charge in [0.15, 0.2) is 0 Å². The first-order valence-electron chi connectivity index (χ1n) is 7.09. The Morgan fingerprint density at radius 2 is 2.16 bits per heavy atom. The third-order valence-corrected chi connectivity index (χ3v) is 4.10. The van der Waals surface area contributed by atoms with Crippen molar-refractivity contribution in [2.75, 3.05) is 13.2 Å². The van der Waals surface area contributed by atoms with E-state index in [1.54, 1.807) is 0 Å². The number of rotatable bonds is 5. The summed E-state index contributed by atoms with van der Waals surface area (Å²) in [4.78, 5) is 11.3. The van der Waals surface area contributed by atoms with Crippen LogP contribution in [0.4, 0.5) is 0 Å². The Balaban J connectivity index is 1.64. The second-order valence-electron chi connectivity index (χ2n) is 5.55. The Hall–Kier alpha value is -0.910. The van der Waals surface area contributed by atoms with Gasteiger partial charge in [0.1, 0.15) is 6.10 Å². The van der Waals surface area contributed by atoms with E-state index in [1.807, 2.05) is 0 Å². The molecule has 1 saturated heterocycles. The molecule has 2 rings (SSSR count). The summed E-state index contributed by atoms with van der Waals surface area (Å²) in [6, 6.07) is 0. The van der Waals surface area contributed by atoms with E-state index in [0.717, 1.165) is 32.3 Å². The molecule has 4 unspecified atom stereocenters. The summed E-state index contributed by atoms with van der Waals surface area (Å²) in [6.45, 7) is 3.62. The van der Waals surface area contributed by atoms with Crippen molar-refractivity contribution >= 4 is 5.91 Å². The van der Waals surface area contributed by atoms with Crippen LogP contribution in [-0.2, 0) is 14.3 Å². The number of carbonyl (C=O) groups excluding carboxylic acids is 1. The lowest BCUT2D eigenvalue weighted by atomic mass is 9.85. The monoisotopic (exact) mass is 268 g/mol. The zero-order valence-electron chi connectivity index (χ0n) is 11.5. The van der Waals surface area contributed by atoms with Gasteiger partial charge < -0.3 is 9.47 Å². The van der Waals surface area contributed by atoms with Gasteiger partial charge in [0.25, 0.3) is 5.91 Å². The number of carbonyl (C=O) groups is 1. The van der Waals surface area contributed by atoms with Gasteiger partial charge in [-0.25, -0.2) is 5.84 Å². The second-order valence-corrected chi connectivity index (χ2v) is 5.55. The van der Waals surface area contributed by atoms with Crippen LogP contribution in [0.1, 0.15) is 32.6 Å². The van der Waals surface area contributed by atoms with Gasteiger partial charge in [-0.05, 0) is 37.5 Å². The van der Waals surface area contributed by atoms with Gasteiger partial charge in [-0.1, -0.05) is 19.1 Å². The molecule has 0 radical (unpaired) electrons. The van der Waals surface area contributed by atoms with Gasteiger partial charge in [0.2, 0.25) is 0 Å². The summed E-state index contributed by atoms with van der Waals surface area (Å²) in [5, 5.41) is 0. The zero-order chi connectivity index (χ0) is 13.7. The van der Waals surface area contributed by atoms with E-state index in [0.29, 0.717) is 18.4 Å². The summed E-state index contributed by atoms with van der Waals surface area (Å²) in [5.41, 5.74) is 2.13. The average molecular weight is 268 g/mol. The van der Waals surface area contributed by atoms with Crippen molar-refractivity contribution < 1.29 is 14.3 Å². The van der Waals surface area contributed by atoms with Crippen LogP contribution in [-0.4, -0.2) is 31.3 Å². The largest absolute Gasteiger partial charge is 0.378 e. The Morgan fingerprint density at radius 3 is 2.89 bits per heavy atom. The van der Waals surface area contributed by atoms with Crippen LogP contribution in [0.2, 0.25) is 0 Å². The van der Waals surface area contributed by atoms with Crippen molar-refractivity contribution in [2.45, 2.75) is 44.8 Å². The van der Waals surface area contributed by atoms with Crippen molar-refractivity contribution in [3.8, 4) is 0 Å². The highest BCUT2D eigenvalue weighted by Crippen LogP contribution is 2.26. The molecule has 1 aliphatic heterocycles. The smallest absolute Gasteiger partial charge is 0.263 e. The predicted molar refractivity (Wildman–Crippen MR) is 72.1 cm³/mol. The van der Waals surface area contributed by atoms with Crippen LogP contribution in [0.5, 0.6) is 0 Å². The van der Waals surface area contributed by atoms with E-state index in [4.69, 9.17) is 15.3 Å². The molecule has 19 heavy (non-hydrogen) atoms. The van der Waals surface area contributed by atoms with E-state index in [1.165, 1.54) is 0 Å². The normalized spacial score (nSPS) is 34.4. The highest BCUT2D eigenvalue weighted by Gasteiger charge is 2.30. The Labute approximate surface area is 114 Å². The van der Waals surface area contributed by atoms with Gasteiger partial charge in [-0.15, -0.1) is 0 Å². The Bertz CT molecular complexity index is 333. The minimum absolute atomic E-state index is 0.0248. The third-order valence-electron chi connectivity index (χ3n) is 4.10. The summed E-state index contributed by atoms with van der Waals surface area (Å²) in [5.74, 6) is 6.14. The molecule has 1 amide bonds. The number of nitrogens with one attached hydrogen (secondary N) is 1. The number of hydrogen-bond acceptors (Lipinski definition) is 4. The van der Waals surface area contributed by atoms with Crippen molar-refractivity contribution in [3.63, 3.8) is 0 Å². The molecule has 5 heteroatoms. The fraction of sp³-hybridized carbons (Fsp3) is 0.786. The maximum absolute atomic E-state index is 11.3. The van der Waals surface area contributed by atoms with Crippen molar-refractivity contribution in [3.05, 3.63) is 12.2 Å². The lowest BCUT2D eigenvalue weighted by molar-refractivity contribution is -0.133. The first-order chi connectivity index (χ1) is 9.20. The van der Waals surface area contributed by atoms with Gasteiger partial charge in [-0.3, -0.25) is 10.2 Å². The summed E-state index contributed by atoms with van der Waals surface area (Å²) in [7, 11) is 0. The highest BCUT2D eigenvalue weighted by atomic mass is 16.5. The number of hydrogen-bond donors (Lipinski definition) is 2. The molecular formula is C14H24N2O3. The quantitative estimate of drug-likeness (QED) is 0.339. The fourth-order valence-electron chi connectivity index (χ4n) is 2.70. The predicted octanol–water partition coefficient (Wildman–Crippen LogP) is 1.14. The van der Waals surface area contributed by atoms with Crippen LogP contribution in [0.25, 0.3) is 0 Å². The molecule has 0 aromatic rings. The van der Waals surface area contributed by atoms with Gasteiger partial charge in [0.05, 0.1) is 19.3 Å². The molecule has 108 valence electrons. The van der Waals surface area contributed by atoms with E-state index in [9.17, 15) is 4.79 Å². The standard InChI is InChI=1S/C14H24N2O3/c1-10-4-2-3-5-11(10)8-18-9-12-6-7-13(19-12)14(17)16-15/h2-3,10-13H,4-9,15H2,1H3,(H,16,17). The molecule has 1 fully saturated rings. The first kappa shape index (κ1) is 14.5. The van der Waals surface area contributed by atoms with Crippen LogP contribution in [0, 0.1) is 11.8 Å². The maximum Gasteiger partial charge on any atom is 0.263 e. The molecule has 0 aromatic carbocycles. The molecule has 0 spiro atoms. The number of amides is 1. The summed E-state index contributed by atoms with van der Waals surface area (Å²) >= 11 is 0. The van der Waals surface area contributed by atoms with Crippen LogP contribution in [0.15, 0.2) is 12.2 Å². The van der Waals surface area contributed by atoms with Gasteiger partial charge in [0, 0.05) is 0 Å². The highest BCUT2D eigenvalue weighted by molar-refractivity contribution is 5.80. The van der Waals surface area contributed by atoms with Crippen molar-refractivity contribution in [2.24, 2.45) is 17.7 Å². The van der Waals surface area contributed by atoms with E-state index in [2.05, 4.69) is 24.5 Å². The minimum atomic E-state index is -0.407. The molecule has 1 aliphatic carbocycles. The van der Waals surface area contributed by atoms with Crippen LogP contribution in [0.3, 0.4) is 0 Å². The van der Waals surface area contributed by atoms with Crippen molar-refractivity contribution in [1.29, 1.82) is 0 Å². The number of hydrazine groups is 1. The van der Waals surface area contributed by atoms with E-state index < -0.39 is 6.10 Å². The molecule has 1 heterocycles. The Morgan fingerprint density at radius 1 is 1.37 bits per heavy atom. The zero-order valence-corrected chi connectivity index (χ0v) is 11.5. The minimum Gasteiger partial charge on any atom is -0.378 e. The van der Waals surface area contributed by atoms with Gasteiger partial charge >= 0.3 is 0 Å². The fourth-order valence-corrected chi connectivity index (χ4v) is 2.70.